The first-order valence-corrected chi connectivity index (χ1v) is 7.23. The predicted molar refractivity (Wildman–Crippen MR) is 63.8 cm³/mol. The summed E-state index contributed by atoms with van der Waals surface area (Å²) in [5.41, 5.74) is 6.43. The second-order valence-electron chi connectivity index (χ2n) is 3.80. The van der Waals surface area contributed by atoms with E-state index in [1.807, 2.05) is 18.4 Å². The smallest absolute Gasteiger partial charge is 0.152 e. The molecule has 0 aliphatic carbocycles. The number of nitrogens with zero attached hydrogens (tertiary/aromatic N) is 2. The maximum Gasteiger partial charge on any atom is 0.152 e. The SMILES string of the molecule is CCCS(=O)(=O)CCn1c(CN)cnc1C. The third-order valence-electron chi connectivity index (χ3n) is 2.49. The fourth-order valence-electron chi connectivity index (χ4n) is 1.63. The van der Waals surface area contributed by atoms with E-state index >= 15 is 0 Å². The van der Waals surface area contributed by atoms with Crippen LogP contribution < -0.4 is 5.73 Å². The Bertz CT molecular complexity index is 437. The van der Waals surface area contributed by atoms with E-state index < -0.39 is 9.84 Å². The molecule has 0 radical (unpaired) electrons. The van der Waals surface area contributed by atoms with E-state index in [1.54, 1.807) is 6.20 Å². The summed E-state index contributed by atoms with van der Waals surface area (Å²) in [5, 5.41) is 0. The number of hydrogen-bond acceptors (Lipinski definition) is 4. The maximum absolute atomic E-state index is 11.6. The van der Waals surface area contributed by atoms with Crippen LogP contribution >= 0.6 is 0 Å². The molecule has 0 aromatic carbocycles. The summed E-state index contributed by atoms with van der Waals surface area (Å²) in [5.74, 6) is 1.22. The van der Waals surface area contributed by atoms with Crippen LogP contribution in [0, 0.1) is 6.92 Å². The fraction of sp³-hybridized carbons (Fsp3) is 0.700. The minimum absolute atomic E-state index is 0.158. The molecule has 5 nitrogen and oxygen atoms in total. The Hall–Kier alpha value is -0.880. The molecule has 1 rings (SSSR count). The number of rotatable bonds is 6. The van der Waals surface area contributed by atoms with Gasteiger partial charge in [0.25, 0.3) is 0 Å². The third-order valence-corrected chi connectivity index (χ3v) is 4.32. The minimum atomic E-state index is -2.94. The Morgan fingerprint density at radius 3 is 2.69 bits per heavy atom. The van der Waals surface area contributed by atoms with E-state index in [2.05, 4.69) is 4.98 Å². The van der Waals surface area contributed by atoms with Crippen molar-refractivity contribution < 1.29 is 8.42 Å². The van der Waals surface area contributed by atoms with Crippen molar-refractivity contribution in [2.75, 3.05) is 11.5 Å². The van der Waals surface area contributed by atoms with Crippen LogP contribution in [0.3, 0.4) is 0 Å². The Morgan fingerprint density at radius 1 is 1.44 bits per heavy atom. The van der Waals surface area contributed by atoms with Gasteiger partial charge in [-0.1, -0.05) is 6.92 Å². The van der Waals surface area contributed by atoms with Crippen LogP contribution in [0.4, 0.5) is 0 Å². The summed E-state index contributed by atoms with van der Waals surface area (Å²) in [7, 11) is -2.94. The average Bonchev–Trinajstić information content (AvgIpc) is 2.56. The highest BCUT2D eigenvalue weighted by molar-refractivity contribution is 7.91. The standard InChI is InChI=1S/C10H19N3O2S/c1-3-5-16(14,15)6-4-13-9(2)12-8-10(13)7-11/h8H,3-7,11H2,1-2H3. The van der Waals surface area contributed by atoms with Gasteiger partial charge in [0, 0.05) is 25.0 Å². The van der Waals surface area contributed by atoms with Crippen LogP contribution in [0.15, 0.2) is 6.20 Å². The highest BCUT2D eigenvalue weighted by Gasteiger charge is 2.12. The Balaban J connectivity index is 2.71. The molecular weight excluding hydrogens is 226 g/mol. The highest BCUT2D eigenvalue weighted by Crippen LogP contribution is 2.05. The third kappa shape index (κ3) is 3.31. The van der Waals surface area contributed by atoms with Gasteiger partial charge in [0.05, 0.1) is 11.4 Å². The monoisotopic (exact) mass is 245 g/mol. The summed E-state index contributed by atoms with van der Waals surface area (Å²) in [6.45, 7) is 4.55. The molecule has 0 fully saturated rings. The number of aryl methyl sites for hydroxylation is 1. The first-order chi connectivity index (χ1) is 7.50. The van der Waals surface area contributed by atoms with Crippen LogP contribution in [0.5, 0.6) is 0 Å². The number of sulfone groups is 1. The molecule has 0 aliphatic heterocycles. The molecule has 16 heavy (non-hydrogen) atoms. The summed E-state index contributed by atoms with van der Waals surface area (Å²) in [4.78, 5) is 4.12. The van der Waals surface area contributed by atoms with Gasteiger partial charge in [0.1, 0.15) is 5.82 Å². The zero-order chi connectivity index (χ0) is 12.2. The van der Waals surface area contributed by atoms with Crippen molar-refractivity contribution in [2.45, 2.75) is 33.4 Å². The second kappa shape index (κ2) is 5.45. The van der Waals surface area contributed by atoms with Crippen molar-refractivity contribution in [3.05, 3.63) is 17.7 Å². The van der Waals surface area contributed by atoms with Gasteiger partial charge in [0.15, 0.2) is 9.84 Å². The Morgan fingerprint density at radius 2 is 2.12 bits per heavy atom. The van der Waals surface area contributed by atoms with Gasteiger partial charge in [-0.15, -0.1) is 0 Å². The molecule has 0 amide bonds. The van der Waals surface area contributed by atoms with Gasteiger partial charge in [-0.2, -0.15) is 0 Å². The quantitative estimate of drug-likeness (QED) is 0.790. The van der Waals surface area contributed by atoms with E-state index in [1.165, 1.54) is 0 Å². The lowest BCUT2D eigenvalue weighted by molar-refractivity contribution is 0.584. The van der Waals surface area contributed by atoms with Crippen molar-refractivity contribution in [3.8, 4) is 0 Å². The second-order valence-corrected chi connectivity index (χ2v) is 6.11. The Labute approximate surface area is 96.6 Å². The van der Waals surface area contributed by atoms with E-state index in [0.29, 0.717) is 19.5 Å². The van der Waals surface area contributed by atoms with Crippen molar-refractivity contribution >= 4 is 9.84 Å². The van der Waals surface area contributed by atoms with Crippen LogP contribution in [0.2, 0.25) is 0 Å². The molecular formula is C10H19N3O2S. The van der Waals surface area contributed by atoms with Gasteiger partial charge in [-0.05, 0) is 13.3 Å². The molecule has 1 heterocycles. The van der Waals surface area contributed by atoms with Gasteiger partial charge in [-0.25, -0.2) is 13.4 Å². The van der Waals surface area contributed by atoms with Crippen LogP contribution in [-0.4, -0.2) is 29.5 Å². The largest absolute Gasteiger partial charge is 0.330 e. The average molecular weight is 245 g/mol. The lowest BCUT2D eigenvalue weighted by Crippen LogP contribution is -2.18. The van der Waals surface area contributed by atoms with Crippen molar-refractivity contribution in [2.24, 2.45) is 5.73 Å². The number of aromatic nitrogens is 2. The lowest BCUT2D eigenvalue weighted by atomic mass is 10.4. The topological polar surface area (TPSA) is 78.0 Å². The zero-order valence-corrected chi connectivity index (χ0v) is 10.6. The van der Waals surface area contributed by atoms with Gasteiger partial charge < -0.3 is 10.3 Å². The first-order valence-electron chi connectivity index (χ1n) is 5.41. The molecule has 0 saturated carbocycles. The number of hydrogen-bond donors (Lipinski definition) is 1. The van der Waals surface area contributed by atoms with E-state index in [0.717, 1.165) is 11.5 Å². The number of nitrogens with two attached hydrogens (primary N) is 1. The molecule has 0 saturated heterocycles. The molecule has 0 spiro atoms. The van der Waals surface area contributed by atoms with Crippen molar-refractivity contribution in [1.82, 2.24) is 9.55 Å². The molecule has 0 atom stereocenters. The summed E-state index contributed by atoms with van der Waals surface area (Å²) < 4.78 is 25.0. The van der Waals surface area contributed by atoms with Crippen molar-refractivity contribution in [3.63, 3.8) is 0 Å². The minimum Gasteiger partial charge on any atom is -0.330 e. The van der Waals surface area contributed by atoms with Crippen LogP contribution in [0.25, 0.3) is 0 Å². The normalized spacial score (nSPS) is 11.9. The zero-order valence-electron chi connectivity index (χ0n) is 9.81. The van der Waals surface area contributed by atoms with Crippen LogP contribution in [0.1, 0.15) is 24.9 Å². The number of imidazole rings is 1. The molecule has 1 aromatic rings. The van der Waals surface area contributed by atoms with Crippen LogP contribution in [-0.2, 0) is 22.9 Å². The maximum atomic E-state index is 11.6. The fourth-order valence-corrected chi connectivity index (χ4v) is 2.91. The van der Waals surface area contributed by atoms with Gasteiger partial charge in [-0.3, -0.25) is 0 Å². The van der Waals surface area contributed by atoms with Gasteiger partial charge >= 0.3 is 0 Å². The summed E-state index contributed by atoms with van der Waals surface area (Å²) in [6, 6.07) is 0. The molecule has 0 bridgehead atoms. The van der Waals surface area contributed by atoms with Gasteiger partial charge in [0.2, 0.25) is 0 Å². The van der Waals surface area contributed by atoms with Crippen molar-refractivity contribution in [1.29, 1.82) is 0 Å². The highest BCUT2D eigenvalue weighted by atomic mass is 32.2. The molecule has 1 aromatic heterocycles. The summed E-state index contributed by atoms with van der Waals surface area (Å²) in [6.07, 6.45) is 2.36. The first kappa shape index (κ1) is 13.2. The lowest BCUT2D eigenvalue weighted by Gasteiger charge is -2.09. The van der Waals surface area contributed by atoms with E-state index in [-0.39, 0.29) is 11.5 Å². The Kier molecular flexibility index (Phi) is 4.49. The molecule has 0 unspecified atom stereocenters. The van der Waals surface area contributed by atoms with E-state index in [4.69, 9.17) is 5.73 Å². The summed E-state index contributed by atoms with van der Waals surface area (Å²) >= 11 is 0. The van der Waals surface area contributed by atoms with E-state index in [9.17, 15) is 8.42 Å². The molecule has 92 valence electrons. The molecule has 0 aliphatic rings. The predicted octanol–water partition coefficient (Wildman–Crippen LogP) is 0.475. The molecule has 6 heteroatoms. The molecule has 2 N–H and O–H groups in total.